The third-order valence-corrected chi connectivity index (χ3v) is 5.49. The summed E-state index contributed by atoms with van der Waals surface area (Å²) in [4.78, 5) is -0.670. The molecule has 0 saturated heterocycles. The lowest BCUT2D eigenvalue weighted by Crippen LogP contribution is -2.46. The Kier molecular flexibility index (Phi) is 5.29. The van der Waals surface area contributed by atoms with Gasteiger partial charge >= 0.3 is 0 Å². The maximum absolute atomic E-state index is 13.7. The average molecular weight is 318 g/mol. The number of nitrogens with one attached hydrogen (secondary N) is 1. The SMILES string of the molecule is NCC(NS(=O)(=O)c1cccc(F)c1F)C1CCCCC1. The van der Waals surface area contributed by atoms with Gasteiger partial charge in [-0.2, -0.15) is 0 Å². The van der Waals surface area contributed by atoms with E-state index in [1.54, 1.807) is 0 Å². The van der Waals surface area contributed by atoms with E-state index in [4.69, 9.17) is 5.73 Å². The number of hydrogen-bond donors (Lipinski definition) is 2. The van der Waals surface area contributed by atoms with Crippen LogP contribution in [0.1, 0.15) is 32.1 Å². The van der Waals surface area contributed by atoms with Crippen LogP contribution in [-0.4, -0.2) is 21.0 Å². The summed E-state index contributed by atoms with van der Waals surface area (Å²) in [5, 5.41) is 0. The van der Waals surface area contributed by atoms with Crippen molar-refractivity contribution in [3.63, 3.8) is 0 Å². The Hall–Kier alpha value is -1.05. The van der Waals surface area contributed by atoms with Crippen molar-refractivity contribution < 1.29 is 17.2 Å². The third kappa shape index (κ3) is 3.78. The molecule has 3 N–H and O–H groups in total. The van der Waals surface area contributed by atoms with Crippen molar-refractivity contribution >= 4 is 10.0 Å². The second-order valence-electron chi connectivity index (χ2n) is 5.41. The zero-order valence-electron chi connectivity index (χ0n) is 11.7. The van der Waals surface area contributed by atoms with Gasteiger partial charge in [-0.1, -0.05) is 25.3 Å². The van der Waals surface area contributed by atoms with E-state index in [9.17, 15) is 17.2 Å². The van der Waals surface area contributed by atoms with Crippen LogP contribution in [0, 0.1) is 17.6 Å². The summed E-state index contributed by atoms with van der Waals surface area (Å²) in [6, 6.07) is 2.66. The predicted molar refractivity (Wildman–Crippen MR) is 76.1 cm³/mol. The summed E-state index contributed by atoms with van der Waals surface area (Å²) in [7, 11) is -4.12. The van der Waals surface area contributed by atoms with Crippen LogP contribution in [0.15, 0.2) is 23.1 Å². The molecule has 1 unspecified atom stereocenters. The van der Waals surface area contributed by atoms with E-state index in [0.717, 1.165) is 44.2 Å². The fourth-order valence-electron chi connectivity index (χ4n) is 2.83. The maximum atomic E-state index is 13.7. The second-order valence-corrected chi connectivity index (χ2v) is 7.10. The van der Waals surface area contributed by atoms with Gasteiger partial charge in [0.25, 0.3) is 0 Å². The lowest BCUT2D eigenvalue weighted by Gasteiger charge is -2.29. The number of rotatable bonds is 5. The Morgan fingerprint density at radius 3 is 2.52 bits per heavy atom. The van der Waals surface area contributed by atoms with Gasteiger partial charge < -0.3 is 5.73 Å². The number of nitrogens with two attached hydrogens (primary N) is 1. The van der Waals surface area contributed by atoms with Crippen LogP contribution >= 0.6 is 0 Å². The number of benzene rings is 1. The van der Waals surface area contributed by atoms with Crippen LogP contribution in [0.4, 0.5) is 8.78 Å². The van der Waals surface area contributed by atoms with E-state index >= 15 is 0 Å². The monoisotopic (exact) mass is 318 g/mol. The molecule has 0 aromatic heterocycles. The van der Waals surface area contributed by atoms with E-state index in [0.29, 0.717) is 0 Å². The minimum atomic E-state index is -4.12. The van der Waals surface area contributed by atoms with E-state index in [2.05, 4.69) is 4.72 Å². The molecule has 0 bridgehead atoms. The van der Waals surface area contributed by atoms with Gasteiger partial charge in [0.05, 0.1) is 0 Å². The molecule has 21 heavy (non-hydrogen) atoms. The molecule has 118 valence electrons. The molecule has 1 aromatic carbocycles. The lowest BCUT2D eigenvalue weighted by atomic mass is 9.84. The van der Waals surface area contributed by atoms with E-state index in [-0.39, 0.29) is 12.5 Å². The highest BCUT2D eigenvalue weighted by molar-refractivity contribution is 7.89. The van der Waals surface area contributed by atoms with Crippen LogP contribution < -0.4 is 10.5 Å². The summed E-state index contributed by atoms with van der Waals surface area (Å²) in [5.41, 5.74) is 5.66. The van der Waals surface area contributed by atoms with E-state index in [1.807, 2.05) is 0 Å². The summed E-state index contributed by atoms with van der Waals surface area (Å²) in [6.45, 7) is 0.140. The zero-order valence-corrected chi connectivity index (χ0v) is 12.5. The molecule has 1 fully saturated rings. The molecule has 0 spiro atoms. The zero-order chi connectivity index (χ0) is 15.5. The van der Waals surface area contributed by atoms with Gasteiger partial charge in [-0.05, 0) is 30.9 Å². The molecular formula is C14H20F2N2O2S. The topological polar surface area (TPSA) is 72.2 Å². The van der Waals surface area contributed by atoms with Crippen LogP contribution in [-0.2, 0) is 10.0 Å². The van der Waals surface area contributed by atoms with Gasteiger partial charge in [-0.15, -0.1) is 0 Å². The minimum Gasteiger partial charge on any atom is -0.329 e. The first-order valence-electron chi connectivity index (χ1n) is 7.12. The number of halogens is 2. The largest absolute Gasteiger partial charge is 0.329 e. The van der Waals surface area contributed by atoms with Gasteiger partial charge in [0.1, 0.15) is 4.90 Å². The Morgan fingerprint density at radius 1 is 1.24 bits per heavy atom. The van der Waals surface area contributed by atoms with Crippen molar-refractivity contribution in [2.45, 2.75) is 43.0 Å². The number of hydrogen-bond acceptors (Lipinski definition) is 3. The van der Waals surface area contributed by atoms with E-state index in [1.165, 1.54) is 6.07 Å². The molecule has 1 aromatic rings. The molecule has 4 nitrogen and oxygen atoms in total. The Bertz CT molecular complexity index is 587. The van der Waals surface area contributed by atoms with Gasteiger partial charge in [0, 0.05) is 12.6 Å². The summed E-state index contributed by atoms with van der Waals surface area (Å²) >= 11 is 0. The molecular weight excluding hydrogens is 298 g/mol. The van der Waals surface area contributed by atoms with Crippen molar-refractivity contribution in [3.05, 3.63) is 29.8 Å². The van der Waals surface area contributed by atoms with Crippen LogP contribution in [0.2, 0.25) is 0 Å². The highest BCUT2D eigenvalue weighted by Gasteiger charge is 2.29. The van der Waals surface area contributed by atoms with Crippen LogP contribution in [0.25, 0.3) is 0 Å². The maximum Gasteiger partial charge on any atom is 0.243 e. The first-order valence-corrected chi connectivity index (χ1v) is 8.60. The molecule has 0 amide bonds. The predicted octanol–water partition coefficient (Wildman–Crippen LogP) is 2.15. The molecule has 1 aliphatic rings. The lowest BCUT2D eigenvalue weighted by molar-refractivity contribution is 0.294. The second kappa shape index (κ2) is 6.81. The van der Waals surface area contributed by atoms with Crippen molar-refractivity contribution in [2.75, 3.05) is 6.54 Å². The van der Waals surface area contributed by atoms with Crippen LogP contribution in [0.3, 0.4) is 0 Å². The van der Waals surface area contributed by atoms with Crippen molar-refractivity contribution in [2.24, 2.45) is 11.7 Å². The molecule has 1 atom stereocenters. The first-order chi connectivity index (χ1) is 9.95. The van der Waals surface area contributed by atoms with Gasteiger partial charge in [0.15, 0.2) is 11.6 Å². The van der Waals surface area contributed by atoms with Gasteiger partial charge in [-0.25, -0.2) is 21.9 Å². The first kappa shape index (κ1) is 16.3. The van der Waals surface area contributed by atoms with Gasteiger partial charge in [0.2, 0.25) is 10.0 Å². The average Bonchev–Trinajstić information content (AvgIpc) is 2.48. The number of sulfonamides is 1. The summed E-state index contributed by atoms with van der Waals surface area (Å²) in [6.07, 6.45) is 5.01. The molecule has 1 saturated carbocycles. The molecule has 0 aliphatic heterocycles. The molecule has 2 rings (SSSR count). The van der Waals surface area contributed by atoms with Crippen molar-refractivity contribution in [1.82, 2.24) is 4.72 Å². The smallest absolute Gasteiger partial charge is 0.243 e. The Morgan fingerprint density at radius 2 is 1.90 bits per heavy atom. The molecule has 0 radical (unpaired) electrons. The fraction of sp³-hybridized carbons (Fsp3) is 0.571. The molecule has 0 heterocycles. The standard InChI is InChI=1S/C14H20F2N2O2S/c15-11-7-4-8-13(14(11)16)21(19,20)18-12(9-17)10-5-2-1-3-6-10/h4,7-8,10,12,18H,1-3,5-6,9,17H2. The van der Waals surface area contributed by atoms with Crippen molar-refractivity contribution in [3.8, 4) is 0 Å². The summed E-state index contributed by atoms with van der Waals surface area (Å²) in [5.74, 6) is -2.39. The third-order valence-electron chi connectivity index (χ3n) is 3.99. The molecule has 1 aliphatic carbocycles. The Balaban J connectivity index is 2.20. The van der Waals surface area contributed by atoms with Crippen molar-refractivity contribution in [1.29, 1.82) is 0 Å². The highest BCUT2D eigenvalue weighted by atomic mass is 32.2. The minimum absolute atomic E-state index is 0.140. The summed E-state index contributed by atoms with van der Waals surface area (Å²) < 4.78 is 53.8. The van der Waals surface area contributed by atoms with Crippen LogP contribution in [0.5, 0.6) is 0 Å². The Labute approximate surface area is 123 Å². The normalized spacial score (nSPS) is 18.6. The fourth-order valence-corrected chi connectivity index (χ4v) is 4.23. The van der Waals surface area contributed by atoms with E-state index < -0.39 is 32.6 Å². The highest BCUT2D eigenvalue weighted by Crippen LogP contribution is 2.27. The molecule has 7 heteroatoms. The van der Waals surface area contributed by atoms with Gasteiger partial charge in [-0.3, -0.25) is 0 Å². The quantitative estimate of drug-likeness (QED) is 0.874.